The molecule has 0 N–H and O–H groups in total. The standard InChI is InChI=1S/C35H34N2O3/c1-38-31-21-28(35-36-29-17-8-9-18-30(29)37(35)27-15-10-16-27)32(26-19-20-26)34(40-23-25-13-6-3-7-14-25)33(31)39-22-24-11-4-2-5-12-24/h2-9,11-14,17-18,21,26-27H,10,15-16,19-20,22-23H2,1H3. The van der Waals surface area contributed by atoms with E-state index in [9.17, 15) is 0 Å². The van der Waals surface area contributed by atoms with Crippen LogP contribution in [0.1, 0.15) is 60.8 Å². The van der Waals surface area contributed by atoms with Gasteiger partial charge in [-0.15, -0.1) is 0 Å². The quantitative estimate of drug-likeness (QED) is 0.182. The minimum atomic E-state index is 0.403. The van der Waals surface area contributed by atoms with Crippen LogP contribution in [-0.4, -0.2) is 16.7 Å². The van der Waals surface area contributed by atoms with Crippen molar-refractivity contribution in [3.8, 4) is 28.6 Å². The molecule has 0 atom stereocenters. The fourth-order valence-electron chi connectivity index (χ4n) is 5.73. The highest BCUT2D eigenvalue weighted by atomic mass is 16.5. The number of ether oxygens (including phenoxy) is 3. The molecule has 0 bridgehead atoms. The maximum absolute atomic E-state index is 6.72. The first kappa shape index (κ1) is 24.8. The number of nitrogens with zero attached hydrogens (tertiary/aromatic N) is 2. The summed E-state index contributed by atoms with van der Waals surface area (Å²) >= 11 is 0. The molecule has 0 saturated heterocycles. The molecule has 0 spiro atoms. The van der Waals surface area contributed by atoms with Crippen LogP contribution in [0.25, 0.3) is 22.4 Å². The molecule has 0 unspecified atom stereocenters. The lowest BCUT2D eigenvalue weighted by atomic mass is 9.91. The van der Waals surface area contributed by atoms with Gasteiger partial charge < -0.3 is 18.8 Å². The smallest absolute Gasteiger partial charge is 0.204 e. The van der Waals surface area contributed by atoms with E-state index in [4.69, 9.17) is 19.2 Å². The van der Waals surface area contributed by atoms with E-state index in [2.05, 4.69) is 59.2 Å². The van der Waals surface area contributed by atoms with Crippen LogP contribution in [0.4, 0.5) is 0 Å². The first-order valence-corrected chi connectivity index (χ1v) is 14.4. The van der Waals surface area contributed by atoms with E-state index in [0.29, 0.717) is 36.7 Å². The van der Waals surface area contributed by atoms with E-state index in [1.807, 2.05) is 36.4 Å². The van der Waals surface area contributed by atoms with E-state index in [-0.39, 0.29) is 0 Å². The van der Waals surface area contributed by atoms with Gasteiger partial charge in [-0.2, -0.15) is 0 Å². The maximum atomic E-state index is 6.72. The summed E-state index contributed by atoms with van der Waals surface area (Å²) in [5.41, 5.74) is 6.72. The number of benzene rings is 4. The van der Waals surface area contributed by atoms with Crippen molar-refractivity contribution in [1.82, 2.24) is 9.55 Å². The molecule has 2 saturated carbocycles. The highest BCUT2D eigenvalue weighted by Gasteiger charge is 2.36. The topological polar surface area (TPSA) is 45.5 Å². The SMILES string of the molecule is COc1cc(-c2nc3ccccc3n2C2CCC2)c(C2CC2)c(OCc2ccccc2)c1OCc1ccccc1. The zero-order chi connectivity index (χ0) is 26.9. The van der Waals surface area contributed by atoms with Gasteiger partial charge in [0.05, 0.1) is 18.1 Å². The Labute approximate surface area is 235 Å². The summed E-state index contributed by atoms with van der Waals surface area (Å²) in [6, 6.07) is 31.7. The van der Waals surface area contributed by atoms with Crippen molar-refractivity contribution in [3.05, 3.63) is 108 Å². The normalized spacial score (nSPS) is 15.1. The van der Waals surface area contributed by atoms with E-state index in [1.54, 1.807) is 7.11 Å². The summed E-state index contributed by atoms with van der Waals surface area (Å²) < 4.78 is 21.7. The number of hydrogen-bond acceptors (Lipinski definition) is 4. The minimum absolute atomic E-state index is 0.403. The van der Waals surface area contributed by atoms with Gasteiger partial charge in [0.1, 0.15) is 19.0 Å². The molecular weight excluding hydrogens is 496 g/mol. The summed E-state index contributed by atoms with van der Waals surface area (Å²) in [7, 11) is 1.71. The molecule has 2 aliphatic carbocycles. The second kappa shape index (κ2) is 10.7. The van der Waals surface area contributed by atoms with E-state index >= 15 is 0 Å². The molecule has 1 aromatic heterocycles. The average molecular weight is 531 g/mol. The number of para-hydroxylation sites is 2. The first-order valence-electron chi connectivity index (χ1n) is 14.4. The predicted molar refractivity (Wildman–Crippen MR) is 158 cm³/mol. The number of rotatable bonds is 10. The summed E-state index contributed by atoms with van der Waals surface area (Å²) in [4.78, 5) is 5.23. The second-order valence-electron chi connectivity index (χ2n) is 10.9. The van der Waals surface area contributed by atoms with Gasteiger partial charge in [-0.3, -0.25) is 0 Å². The van der Waals surface area contributed by atoms with Crippen LogP contribution in [0.5, 0.6) is 17.2 Å². The summed E-state index contributed by atoms with van der Waals surface area (Å²) in [6.45, 7) is 0.886. The molecule has 202 valence electrons. The molecule has 4 aromatic carbocycles. The lowest BCUT2D eigenvalue weighted by Gasteiger charge is -2.30. The monoisotopic (exact) mass is 530 g/mol. The molecule has 2 aliphatic rings. The van der Waals surface area contributed by atoms with E-state index in [1.165, 1.54) is 30.3 Å². The summed E-state index contributed by atoms with van der Waals surface area (Å²) in [6.07, 6.45) is 5.87. The fraction of sp³-hybridized carbons (Fsp3) is 0.286. The maximum Gasteiger partial charge on any atom is 0.204 e. The van der Waals surface area contributed by atoms with Crippen molar-refractivity contribution in [3.63, 3.8) is 0 Å². The van der Waals surface area contributed by atoms with Crippen LogP contribution >= 0.6 is 0 Å². The fourth-order valence-corrected chi connectivity index (χ4v) is 5.73. The minimum Gasteiger partial charge on any atom is -0.493 e. The van der Waals surface area contributed by atoms with Gasteiger partial charge in [-0.1, -0.05) is 72.8 Å². The Morgan fingerprint density at radius 2 is 1.38 bits per heavy atom. The highest BCUT2D eigenvalue weighted by molar-refractivity contribution is 5.84. The molecule has 1 heterocycles. The molecule has 0 radical (unpaired) electrons. The lowest BCUT2D eigenvalue weighted by molar-refractivity contribution is 0.242. The van der Waals surface area contributed by atoms with Gasteiger partial charge >= 0.3 is 0 Å². The first-order chi connectivity index (χ1) is 19.8. The number of imidazole rings is 1. The second-order valence-corrected chi connectivity index (χ2v) is 10.9. The van der Waals surface area contributed by atoms with Gasteiger partial charge in [0.25, 0.3) is 0 Å². The van der Waals surface area contributed by atoms with Gasteiger partial charge in [0, 0.05) is 17.2 Å². The molecule has 0 amide bonds. The molecule has 5 nitrogen and oxygen atoms in total. The number of hydrogen-bond donors (Lipinski definition) is 0. The largest absolute Gasteiger partial charge is 0.493 e. The number of methoxy groups -OCH3 is 1. The van der Waals surface area contributed by atoms with Crippen molar-refractivity contribution >= 4 is 11.0 Å². The van der Waals surface area contributed by atoms with Crippen molar-refractivity contribution in [1.29, 1.82) is 0 Å². The molecule has 40 heavy (non-hydrogen) atoms. The zero-order valence-electron chi connectivity index (χ0n) is 22.9. The van der Waals surface area contributed by atoms with Crippen molar-refractivity contribution in [2.45, 2.75) is 57.3 Å². The van der Waals surface area contributed by atoms with Gasteiger partial charge in [0.15, 0.2) is 11.5 Å². The Morgan fingerprint density at radius 1 is 0.750 bits per heavy atom. The van der Waals surface area contributed by atoms with Crippen LogP contribution < -0.4 is 14.2 Å². The van der Waals surface area contributed by atoms with Gasteiger partial charge in [0.2, 0.25) is 5.75 Å². The van der Waals surface area contributed by atoms with Crippen molar-refractivity contribution in [2.24, 2.45) is 0 Å². The van der Waals surface area contributed by atoms with Crippen LogP contribution in [-0.2, 0) is 13.2 Å². The Morgan fingerprint density at radius 3 is 1.98 bits per heavy atom. The summed E-state index contributed by atoms with van der Waals surface area (Å²) in [5.74, 6) is 3.53. The third kappa shape index (κ3) is 4.70. The van der Waals surface area contributed by atoms with Crippen LogP contribution in [0.15, 0.2) is 91.0 Å². The predicted octanol–water partition coefficient (Wildman–Crippen LogP) is 8.47. The van der Waals surface area contributed by atoms with Crippen LogP contribution in [0.2, 0.25) is 0 Å². The molecule has 0 aliphatic heterocycles. The van der Waals surface area contributed by atoms with Crippen LogP contribution in [0, 0.1) is 0 Å². The third-order valence-corrected chi connectivity index (χ3v) is 8.17. The van der Waals surface area contributed by atoms with Crippen molar-refractivity contribution in [2.75, 3.05) is 7.11 Å². The van der Waals surface area contributed by atoms with Gasteiger partial charge in [-0.05, 0) is 67.3 Å². The summed E-state index contributed by atoms with van der Waals surface area (Å²) in [5, 5.41) is 0. The third-order valence-electron chi connectivity index (χ3n) is 8.17. The highest BCUT2D eigenvalue weighted by Crippen LogP contribution is 2.55. The molecular formula is C35H34N2O3. The molecule has 7 rings (SSSR count). The Balaban J connectivity index is 1.40. The Bertz CT molecular complexity index is 1620. The zero-order valence-corrected chi connectivity index (χ0v) is 22.9. The Kier molecular flexibility index (Phi) is 6.64. The van der Waals surface area contributed by atoms with E-state index < -0.39 is 0 Å². The molecule has 5 heteroatoms. The average Bonchev–Trinajstić information content (AvgIpc) is 3.75. The molecule has 5 aromatic rings. The Hall–Kier alpha value is -4.25. The molecule has 2 fully saturated rings. The van der Waals surface area contributed by atoms with Crippen molar-refractivity contribution < 1.29 is 14.2 Å². The number of aromatic nitrogens is 2. The number of fused-ring (bicyclic) bond motifs is 1. The van der Waals surface area contributed by atoms with Crippen LogP contribution in [0.3, 0.4) is 0 Å². The van der Waals surface area contributed by atoms with Gasteiger partial charge in [-0.25, -0.2) is 4.98 Å². The lowest BCUT2D eigenvalue weighted by Crippen LogP contribution is -2.18. The van der Waals surface area contributed by atoms with E-state index in [0.717, 1.165) is 46.6 Å².